The summed E-state index contributed by atoms with van der Waals surface area (Å²) in [7, 11) is 0. The second-order valence-corrected chi connectivity index (χ2v) is 11.6. The number of para-hydroxylation sites is 2. The van der Waals surface area contributed by atoms with Gasteiger partial charge < -0.3 is 4.42 Å². The molecule has 4 nitrogen and oxygen atoms in total. The van der Waals surface area contributed by atoms with Crippen molar-refractivity contribution >= 4 is 33.1 Å². The van der Waals surface area contributed by atoms with Crippen molar-refractivity contribution < 1.29 is 8.81 Å². The van der Waals surface area contributed by atoms with Crippen LogP contribution in [0.25, 0.3) is 61.3 Å². The van der Waals surface area contributed by atoms with E-state index in [0.717, 1.165) is 55.7 Å². The number of furan rings is 1. The zero-order chi connectivity index (χ0) is 29.1. The van der Waals surface area contributed by atoms with Crippen LogP contribution in [0.4, 0.5) is 4.39 Å². The molecule has 0 unspecified atom stereocenters. The van der Waals surface area contributed by atoms with Gasteiger partial charge >= 0.3 is 0 Å². The number of rotatable bonds is 5. The van der Waals surface area contributed by atoms with Crippen LogP contribution in [0, 0.1) is 12.7 Å². The maximum Gasteiger partial charge on any atom is 0.165 e. The van der Waals surface area contributed by atoms with Crippen LogP contribution in [-0.2, 0) is 0 Å². The van der Waals surface area contributed by atoms with Gasteiger partial charge in [-0.1, -0.05) is 82.3 Å². The number of hydrogen-bond acceptors (Lipinski definition) is 3. The Kier molecular flexibility index (Phi) is 6.19. The summed E-state index contributed by atoms with van der Waals surface area (Å²) in [6.07, 6.45) is 1.86. The maximum absolute atomic E-state index is 14.6. The predicted octanol–water partition coefficient (Wildman–Crippen LogP) is 10.3. The Labute approximate surface area is 244 Å². The number of aryl methyl sites for hydroxylation is 1. The summed E-state index contributed by atoms with van der Waals surface area (Å²) in [5.41, 5.74) is 10.1. The maximum atomic E-state index is 14.6. The molecule has 0 N–H and O–H groups in total. The number of imidazole rings is 1. The summed E-state index contributed by atoms with van der Waals surface area (Å²) in [5, 5.41) is 1.97. The molecule has 3 aromatic heterocycles. The van der Waals surface area contributed by atoms with Gasteiger partial charge in [0.25, 0.3) is 0 Å². The molecule has 0 radical (unpaired) electrons. The van der Waals surface area contributed by atoms with Gasteiger partial charge in [0.1, 0.15) is 22.5 Å². The summed E-state index contributed by atoms with van der Waals surface area (Å²) in [6.45, 7) is 11.0. The molecule has 42 heavy (non-hydrogen) atoms. The van der Waals surface area contributed by atoms with Gasteiger partial charge in [-0.05, 0) is 71.3 Å². The van der Waals surface area contributed by atoms with E-state index in [2.05, 4.69) is 75.6 Å². The third-order valence-corrected chi connectivity index (χ3v) is 8.24. The minimum absolute atomic E-state index is 0.255. The van der Waals surface area contributed by atoms with Gasteiger partial charge in [0.2, 0.25) is 0 Å². The number of benzene rings is 4. The lowest BCUT2D eigenvalue weighted by Gasteiger charge is -2.22. The minimum Gasteiger partial charge on any atom is -0.455 e. The molecule has 0 bridgehead atoms. The largest absolute Gasteiger partial charge is 0.455 e. The lowest BCUT2D eigenvalue weighted by atomic mass is 9.92. The van der Waals surface area contributed by atoms with Gasteiger partial charge in [0, 0.05) is 22.5 Å². The van der Waals surface area contributed by atoms with Crippen LogP contribution in [-0.4, -0.2) is 14.5 Å². The van der Waals surface area contributed by atoms with E-state index in [4.69, 9.17) is 14.4 Å². The third-order valence-electron chi connectivity index (χ3n) is 8.24. The fraction of sp³-hybridized carbons (Fsp3) is 0.189. The molecule has 7 rings (SSSR count). The lowest BCUT2D eigenvalue weighted by molar-refractivity contribution is 0.631. The molecule has 0 spiro atoms. The minimum atomic E-state index is -0.255. The smallest absolute Gasteiger partial charge is 0.165 e. The van der Waals surface area contributed by atoms with Crippen molar-refractivity contribution in [1.29, 1.82) is 0 Å². The summed E-state index contributed by atoms with van der Waals surface area (Å²) in [5.74, 6) is 1.14. The van der Waals surface area contributed by atoms with Crippen LogP contribution in [0.5, 0.6) is 0 Å². The first-order chi connectivity index (χ1) is 20.3. The number of fused-ring (bicyclic) bond motifs is 4. The molecule has 3 heterocycles. The van der Waals surface area contributed by atoms with Crippen molar-refractivity contribution in [3.63, 3.8) is 0 Å². The molecule has 5 heteroatoms. The molecule has 7 aromatic rings. The van der Waals surface area contributed by atoms with Crippen LogP contribution in [0.15, 0.2) is 95.5 Å². The fourth-order valence-electron chi connectivity index (χ4n) is 6.09. The highest BCUT2D eigenvalue weighted by Gasteiger charge is 2.25. The molecule has 208 valence electrons. The number of nitrogens with zero attached hydrogens (tertiary/aromatic N) is 3. The Morgan fingerprint density at radius 3 is 2.21 bits per heavy atom. The molecule has 0 amide bonds. The van der Waals surface area contributed by atoms with Gasteiger partial charge in [0.05, 0.1) is 11.3 Å². The summed E-state index contributed by atoms with van der Waals surface area (Å²) in [6, 6.07) is 27.5. The van der Waals surface area contributed by atoms with E-state index < -0.39 is 0 Å². The Balaban J connectivity index is 1.55. The van der Waals surface area contributed by atoms with Crippen LogP contribution in [0.3, 0.4) is 0 Å². The molecule has 0 atom stereocenters. The van der Waals surface area contributed by atoms with Crippen LogP contribution >= 0.6 is 0 Å². The van der Waals surface area contributed by atoms with Crippen molar-refractivity contribution in [3.8, 4) is 28.2 Å². The van der Waals surface area contributed by atoms with Crippen molar-refractivity contribution in [3.05, 3.63) is 114 Å². The molecule has 4 aromatic carbocycles. The molecule has 0 aliphatic heterocycles. The lowest BCUT2D eigenvalue weighted by Crippen LogP contribution is -2.09. The van der Waals surface area contributed by atoms with Gasteiger partial charge in [-0.3, -0.25) is 4.57 Å². The van der Waals surface area contributed by atoms with Gasteiger partial charge in [0.15, 0.2) is 11.5 Å². The van der Waals surface area contributed by atoms with E-state index in [1.165, 1.54) is 17.2 Å². The average Bonchev–Trinajstić information content (AvgIpc) is 3.56. The number of aromatic nitrogens is 3. The molecular formula is C37H32FN3O. The van der Waals surface area contributed by atoms with E-state index in [9.17, 15) is 4.39 Å². The monoisotopic (exact) mass is 553 g/mol. The van der Waals surface area contributed by atoms with Gasteiger partial charge in [-0.15, -0.1) is 0 Å². The van der Waals surface area contributed by atoms with Gasteiger partial charge in [-0.25, -0.2) is 14.4 Å². The topological polar surface area (TPSA) is 43.9 Å². The quantitative estimate of drug-likeness (QED) is 0.213. The first-order valence-corrected chi connectivity index (χ1v) is 14.5. The third kappa shape index (κ3) is 4.03. The highest BCUT2D eigenvalue weighted by molar-refractivity contribution is 6.10. The molecule has 0 saturated heterocycles. The van der Waals surface area contributed by atoms with Crippen LogP contribution in [0.2, 0.25) is 0 Å². The number of hydrogen-bond donors (Lipinski definition) is 0. The average molecular weight is 554 g/mol. The first-order valence-electron chi connectivity index (χ1n) is 14.5. The second-order valence-electron chi connectivity index (χ2n) is 11.6. The van der Waals surface area contributed by atoms with Crippen molar-refractivity contribution in [2.45, 2.75) is 46.5 Å². The van der Waals surface area contributed by atoms with Crippen LogP contribution < -0.4 is 0 Å². The number of halogens is 1. The van der Waals surface area contributed by atoms with E-state index in [1.807, 2.05) is 36.5 Å². The summed E-state index contributed by atoms with van der Waals surface area (Å²) >= 11 is 0. The van der Waals surface area contributed by atoms with Crippen molar-refractivity contribution in [1.82, 2.24) is 14.5 Å². The van der Waals surface area contributed by atoms with Gasteiger partial charge in [-0.2, -0.15) is 0 Å². The van der Waals surface area contributed by atoms with E-state index in [1.54, 1.807) is 12.1 Å². The molecular weight excluding hydrogens is 521 g/mol. The Bertz CT molecular complexity index is 2110. The second kappa shape index (κ2) is 9.95. The molecule has 0 saturated carbocycles. The van der Waals surface area contributed by atoms with E-state index in [-0.39, 0.29) is 5.82 Å². The normalized spacial score (nSPS) is 12.0. The fourth-order valence-corrected chi connectivity index (χ4v) is 6.09. The Hall–Kier alpha value is -4.77. The first kappa shape index (κ1) is 26.1. The highest BCUT2D eigenvalue weighted by atomic mass is 19.1. The number of pyridine rings is 1. The zero-order valence-corrected chi connectivity index (χ0v) is 24.4. The molecule has 0 fully saturated rings. The summed E-state index contributed by atoms with van der Waals surface area (Å²) in [4.78, 5) is 10.1. The Morgan fingerprint density at radius 2 is 1.48 bits per heavy atom. The standard InChI is InChI=1S/C37H32FN3O/c1-21(2)25-11-8-12-26(22(3)4)34(25)41-36(40-33-23(5)18-19-39-37(33)41)30-14-9-13-29-28-17-16-24(20-32(28)42-35(29)30)27-10-6-7-15-31(27)38/h6-22H,1-5H3. The van der Waals surface area contributed by atoms with Crippen LogP contribution in [0.1, 0.15) is 56.2 Å². The summed E-state index contributed by atoms with van der Waals surface area (Å²) < 4.78 is 23.5. The van der Waals surface area contributed by atoms with E-state index >= 15 is 0 Å². The SMILES string of the molecule is Cc1ccnc2c1nc(-c1cccc3c1oc1cc(-c4ccccc4F)ccc13)n2-c1c(C(C)C)cccc1C(C)C. The molecule has 0 aliphatic rings. The highest BCUT2D eigenvalue weighted by Crippen LogP contribution is 2.41. The van der Waals surface area contributed by atoms with Crippen molar-refractivity contribution in [2.75, 3.05) is 0 Å². The van der Waals surface area contributed by atoms with Crippen molar-refractivity contribution in [2.24, 2.45) is 0 Å². The molecule has 0 aliphatic carbocycles. The Morgan fingerprint density at radius 1 is 0.762 bits per heavy atom. The predicted molar refractivity (Wildman–Crippen MR) is 170 cm³/mol. The van der Waals surface area contributed by atoms with E-state index in [0.29, 0.717) is 23.0 Å². The zero-order valence-electron chi connectivity index (χ0n) is 24.4.